The molecule has 2 atom stereocenters. The molecule has 3 heterocycles. The normalized spacial score (nSPS) is 18.3. The zero-order valence-corrected chi connectivity index (χ0v) is 49.8. The van der Waals surface area contributed by atoms with Gasteiger partial charge in [0.1, 0.15) is 0 Å². The number of hydrogen-bond donors (Lipinski definition) is 0. The molecule has 1 aliphatic carbocycles. The Morgan fingerprint density at radius 1 is 0.375 bits per heavy atom. The Labute approximate surface area is 478 Å². The number of para-hydroxylation sites is 1. The molecule has 3 nitrogen and oxygen atoms in total. The number of nitrogens with zero attached hydrogens (tertiary/aromatic N) is 3. The predicted molar refractivity (Wildman–Crippen MR) is 344 cm³/mol. The Morgan fingerprint density at radius 2 is 0.825 bits per heavy atom. The molecule has 0 aromatic heterocycles. The van der Waals surface area contributed by atoms with Gasteiger partial charge in [0, 0.05) is 50.7 Å². The fourth-order valence-electron chi connectivity index (χ4n) is 14.3. The van der Waals surface area contributed by atoms with E-state index in [1.807, 2.05) is 0 Å². The predicted octanol–water partition coefficient (Wildman–Crippen LogP) is 18.6. The average Bonchev–Trinajstić information content (AvgIpc) is 3.90. The van der Waals surface area contributed by atoms with Crippen LogP contribution in [0.4, 0.5) is 45.5 Å². The van der Waals surface area contributed by atoms with E-state index in [4.69, 9.17) is 0 Å². The van der Waals surface area contributed by atoms with Crippen LogP contribution in [0.2, 0.25) is 0 Å². The first-order valence-electron chi connectivity index (χ1n) is 29.4. The van der Waals surface area contributed by atoms with E-state index in [0.717, 1.165) is 12.8 Å². The number of hydrogen-bond acceptors (Lipinski definition) is 3. The quantitative estimate of drug-likeness (QED) is 0.159. The van der Waals surface area contributed by atoms with Gasteiger partial charge < -0.3 is 14.7 Å². The smallest absolute Gasteiger partial charge is 0.252 e. The summed E-state index contributed by atoms with van der Waals surface area (Å²) in [4.78, 5) is 8.16. The van der Waals surface area contributed by atoms with Crippen molar-refractivity contribution in [3.63, 3.8) is 0 Å². The molecule has 9 aromatic rings. The average molecular weight is 1040 g/mol. The van der Waals surface area contributed by atoms with Crippen molar-refractivity contribution in [2.24, 2.45) is 0 Å². The molecule has 0 saturated heterocycles. The summed E-state index contributed by atoms with van der Waals surface area (Å²) in [6, 6.07) is 75.7. The lowest BCUT2D eigenvalue weighted by Crippen LogP contribution is -2.61. The van der Waals surface area contributed by atoms with E-state index < -0.39 is 5.54 Å². The molecular weight excluding hydrogens is 966 g/mol. The maximum absolute atomic E-state index is 2.80. The molecule has 13 rings (SSSR count). The Balaban J connectivity index is 1.21. The van der Waals surface area contributed by atoms with Gasteiger partial charge in [0.15, 0.2) is 0 Å². The molecule has 0 radical (unpaired) electrons. The first kappa shape index (κ1) is 51.9. The molecule has 80 heavy (non-hydrogen) atoms. The number of anilines is 8. The van der Waals surface area contributed by atoms with Crippen molar-refractivity contribution in [3.8, 4) is 22.3 Å². The molecule has 0 amide bonds. The Bertz CT molecular complexity index is 3940. The highest BCUT2D eigenvalue weighted by Crippen LogP contribution is 2.65. The van der Waals surface area contributed by atoms with Gasteiger partial charge in [-0.05, 0) is 162 Å². The summed E-state index contributed by atoms with van der Waals surface area (Å²) >= 11 is 0. The summed E-state index contributed by atoms with van der Waals surface area (Å²) in [5.41, 5.74) is 27.2. The van der Waals surface area contributed by atoms with Crippen LogP contribution >= 0.6 is 0 Å². The van der Waals surface area contributed by atoms with Crippen LogP contribution in [0.5, 0.6) is 0 Å². The lowest BCUT2D eigenvalue weighted by molar-refractivity contribution is 0.245. The standard InChI is InChI=1S/C76H78BN3/c1-71(2,3)52-34-38-63(57(43-52)49-25-17-15-18-26-49)78-66-32-24-23-31-61(66)77-62-37-33-55(74(10,11)12)46-67(62)79(64-39-35-53(72(4,5)6)44-58(64)50-27-19-16-20-28-50)69-48-56(47-68(78)70(69)77)80-65-40-36-54(73(7,8)9)45-60(65)75(13)42-41-51-29-21-22-30-59(51)76(75,80)14/h15-40,43-48H,41-42H2,1-14H3. The third kappa shape index (κ3) is 7.89. The van der Waals surface area contributed by atoms with Gasteiger partial charge in [0.2, 0.25) is 0 Å². The molecule has 400 valence electrons. The second kappa shape index (κ2) is 18.0. The van der Waals surface area contributed by atoms with Crippen LogP contribution in [-0.2, 0) is 39.0 Å². The maximum atomic E-state index is 2.80. The van der Waals surface area contributed by atoms with Crippen molar-refractivity contribution in [3.05, 3.63) is 233 Å². The van der Waals surface area contributed by atoms with Crippen molar-refractivity contribution < 1.29 is 0 Å². The summed E-state index contributed by atoms with van der Waals surface area (Å²) < 4.78 is 0. The van der Waals surface area contributed by atoms with Crippen molar-refractivity contribution >= 4 is 68.6 Å². The lowest BCUT2D eigenvalue weighted by Gasteiger charge is -2.52. The first-order chi connectivity index (χ1) is 38.0. The van der Waals surface area contributed by atoms with Crippen molar-refractivity contribution in [1.82, 2.24) is 0 Å². The minimum Gasteiger partial charge on any atom is -0.330 e. The Kier molecular flexibility index (Phi) is 11.7. The van der Waals surface area contributed by atoms with Gasteiger partial charge in [-0.15, -0.1) is 0 Å². The molecule has 3 aliphatic heterocycles. The van der Waals surface area contributed by atoms with Gasteiger partial charge in [0.05, 0.1) is 16.9 Å². The minimum atomic E-state index is -0.442. The van der Waals surface area contributed by atoms with Crippen LogP contribution in [0.25, 0.3) is 22.3 Å². The van der Waals surface area contributed by atoms with E-state index in [1.54, 1.807) is 0 Å². The Morgan fingerprint density at radius 3 is 1.39 bits per heavy atom. The first-order valence-corrected chi connectivity index (χ1v) is 29.4. The molecular formula is C76H78BN3. The van der Waals surface area contributed by atoms with Crippen LogP contribution in [-0.4, -0.2) is 6.71 Å². The van der Waals surface area contributed by atoms with Crippen LogP contribution in [0.15, 0.2) is 194 Å². The molecule has 0 N–H and O–H groups in total. The van der Waals surface area contributed by atoms with Gasteiger partial charge in [-0.1, -0.05) is 230 Å². The molecule has 9 aromatic carbocycles. The van der Waals surface area contributed by atoms with Gasteiger partial charge in [-0.25, -0.2) is 0 Å². The van der Waals surface area contributed by atoms with E-state index >= 15 is 0 Å². The Hall–Kier alpha value is -7.56. The third-order valence-electron chi connectivity index (χ3n) is 19.1. The highest BCUT2D eigenvalue weighted by atomic mass is 15.3. The van der Waals surface area contributed by atoms with E-state index in [0.29, 0.717) is 0 Å². The third-order valence-corrected chi connectivity index (χ3v) is 19.1. The largest absolute Gasteiger partial charge is 0.330 e. The second-order valence-corrected chi connectivity index (χ2v) is 28.2. The number of aryl methyl sites for hydroxylation is 1. The second-order valence-electron chi connectivity index (χ2n) is 28.2. The fraction of sp³-hybridized carbons (Fsp3) is 0.289. The summed E-state index contributed by atoms with van der Waals surface area (Å²) in [5.74, 6) is 0. The molecule has 0 fully saturated rings. The summed E-state index contributed by atoms with van der Waals surface area (Å²) in [5, 5.41) is 0. The van der Waals surface area contributed by atoms with Gasteiger partial charge in [0.25, 0.3) is 6.71 Å². The number of rotatable bonds is 5. The molecule has 0 bridgehead atoms. The highest BCUT2D eigenvalue weighted by Gasteiger charge is 2.60. The highest BCUT2D eigenvalue weighted by molar-refractivity contribution is 7.00. The maximum Gasteiger partial charge on any atom is 0.252 e. The van der Waals surface area contributed by atoms with Crippen LogP contribution in [0.3, 0.4) is 0 Å². The van der Waals surface area contributed by atoms with Crippen LogP contribution in [0, 0.1) is 0 Å². The molecule has 4 heteroatoms. The summed E-state index contributed by atoms with van der Waals surface area (Å²) in [6.07, 6.45) is 2.09. The molecule has 4 aliphatic rings. The van der Waals surface area contributed by atoms with Crippen molar-refractivity contribution in [1.29, 1.82) is 0 Å². The summed E-state index contributed by atoms with van der Waals surface area (Å²) in [6.45, 7) is 33.3. The number of benzene rings is 9. The van der Waals surface area contributed by atoms with Crippen LogP contribution in [0.1, 0.15) is 142 Å². The van der Waals surface area contributed by atoms with Crippen LogP contribution < -0.4 is 31.1 Å². The lowest BCUT2D eigenvalue weighted by atomic mass is 9.33. The van der Waals surface area contributed by atoms with Crippen molar-refractivity contribution in [2.75, 3.05) is 14.7 Å². The van der Waals surface area contributed by atoms with Gasteiger partial charge >= 0.3 is 0 Å². The zero-order chi connectivity index (χ0) is 56.1. The van der Waals surface area contributed by atoms with E-state index in [-0.39, 0.29) is 33.8 Å². The topological polar surface area (TPSA) is 9.72 Å². The van der Waals surface area contributed by atoms with E-state index in [1.165, 1.54) is 123 Å². The molecule has 0 saturated carbocycles. The van der Waals surface area contributed by atoms with E-state index in [9.17, 15) is 0 Å². The van der Waals surface area contributed by atoms with E-state index in [2.05, 4.69) is 306 Å². The number of fused-ring (bicyclic) bond motifs is 9. The van der Waals surface area contributed by atoms with Gasteiger partial charge in [-0.2, -0.15) is 0 Å². The fourth-order valence-corrected chi connectivity index (χ4v) is 14.3. The zero-order valence-electron chi connectivity index (χ0n) is 49.8. The molecule has 2 unspecified atom stereocenters. The van der Waals surface area contributed by atoms with Crippen molar-refractivity contribution in [2.45, 2.75) is 142 Å². The minimum absolute atomic E-state index is 0.0154. The van der Waals surface area contributed by atoms with Gasteiger partial charge in [-0.3, -0.25) is 0 Å². The molecule has 0 spiro atoms. The summed E-state index contributed by atoms with van der Waals surface area (Å²) in [7, 11) is 0. The monoisotopic (exact) mass is 1040 g/mol. The SMILES string of the molecule is CC(C)(C)c1ccc(N2c3ccccc3B3c4ccc(C(C)(C)C)cc4N(c4ccc(C(C)(C)C)cc4-c4ccccc4)c4cc(N5c6ccc(C(C)(C)C)cc6C6(C)CCc7ccccc7C56C)cc2c43)c(-c2ccccc2)c1.